The SMILES string of the molecule is NS(=O)(=O)c1cc([N+](=O)[O-])ccc1N1CCC(c2c(F)cccc2F)C1. The number of anilines is 1. The number of rotatable bonds is 4. The van der Waals surface area contributed by atoms with E-state index in [9.17, 15) is 27.3 Å². The number of benzene rings is 2. The number of nitro benzene ring substituents is 1. The lowest BCUT2D eigenvalue weighted by molar-refractivity contribution is -0.385. The average molecular weight is 383 g/mol. The monoisotopic (exact) mass is 383 g/mol. The molecule has 2 N–H and O–H groups in total. The predicted molar refractivity (Wildman–Crippen MR) is 90.4 cm³/mol. The number of hydrogen-bond acceptors (Lipinski definition) is 5. The molecule has 1 aliphatic heterocycles. The lowest BCUT2D eigenvalue weighted by Gasteiger charge is -2.21. The van der Waals surface area contributed by atoms with E-state index in [4.69, 9.17) is 5.14 Å². The van der Waals surface area contributed by atoms with Crippen molar-refractivity contribution in [3.05, 3.63) is 63.7 Å². The first-order chi connectivity index (χ1) is 12.2. The fourth-order valence-electron chi connectivity index (χ4n) is 3.22. The smallest absolute Gasteiger partial charge is 0.270 e. The molecule has 2 aromatic carbocycles. The molecule has 0 aromatic heterocycles. The molecule has 0 bridgehead atoms. The molecule has 1 saturated heterocycles. The number of primary sulfonamides is 1. The second-order valence-corrected chi connectivity index (χ2v) is 7.55. The fraction of sp³-hybridized carbons (Fsp3) is 0.250. The summed E-state index contributed by atoms with van der Waals surface area (Å²) in [5.41, 5.74) is -0.278. The molecule has 0 amide bonds. The van der Waals surface area contributed by atoms with Crippen molar-refractivity contribution in [2.24, 2.45) is 5.14 Å². The zero-order chi connectivity index (χ0) is 19.1. The topological polar surface area (TPSA) is 107 Å². The van der Waals surface area contributed by atoms with Crippen LogP contribution in [0.1, 0.15) is 17.9 Å². The summed E-state index contributed by atoms with van der Waals surface area (Å²) in [6.07, 6.45) is 0.402. The second-order valence-electron chi connectivity index (χ2n) is 6.02. The van der Waals surface area contributed by atoms with Crippen molar-refractivity contribution in [3.8, 4) is 0 Å². The highest BCUT2D eigenvalue weighted by atomic mass is 32.2. The van der Waals surface area contributed by atoms with E-state index >= 15 is 0 Å². The van der Waals surface area contributed by atoms with Crippen LogP contribution in [-0.2, 0) is 10.0 Å². The molecule has 1 heterocycles. The Kier molecular flexibility index (Phi) is 4.63. The molecule has 2 aromatic rings. The number of non-ortho nitro benzene ring substituents is 1. The van der Waals surface area contributed by atoms with Gasteiger partial charge in [0.1, 0.15) is 16.5 Å². The highest BCUT2D eigenvalue weighted by molar-refractivity contribution is 7.89. The minimum absolute atomic E-state index is 0.0472. The van der Waals surface area contributed by atoms with Crippen molar-refractivity contribution in [3.63, 3.8) is 0 Å². The molecule has 26 heavy (non-hydrogen) atoms. The van der Waals surface area contributed by atoms with Gasteiger partial charge in [-0.3, -0.25) is 10.1 Å². The summed E-state index contributed by atoms with van der Waals surface area (Å²) in [5.74, 6) is -1.79. The average Bonchev–Trinajstić information content (AvgIpc) is 3.02. The van der Waals surface area contributed by atoms with Crippen molar-refractivity contribution in [2.45, 2.75) is 17.2 Å². The minimum atomic E-state index is -4.22. The Labute approximate surface area is 148 Å². The van der Waals surface area contributed by atoms with E-state index in [0.29, 0.717) is 13.0 Å². The van der Waals surface area contributed by atoms with Crippen molar-refractivity contribution in [2.75, 3.05) is 18.0 Å². The van der Waals surface area contributed by atoms with Gasteiger partial charge < -0.3 is 4.90 Å². The number of nitrogens with zero attached hydrogens (tertiary/aromatic N) is 2. The normalized spacial score (nSPS) is 17.5. The van der Waals surface area contributed by atoms with Crippen LogP contribution in [0.3, 0.4) is 0 Å². The van der Waals surface area contributed by atoms with Crippen molar-refractivity contribution in [1.29, 1.82) is 0 Å². The van der Waals surface area contributed by atoms with Crippen molar-refractivity contribution in [1.82, 2.24) is 0 Å². The number of halogens is 2. The van der Waals surface area contributed by atoms with Gasteiger partial charge >= 0.3 is 0 Å². The number of nitro groups is 1. The van der Waals surface area contributed by atoms with E-state index in [0.717, 1.165) is 6.07 Å². The lowest BCUT2D eigenvalue weighted by atomic mass is 9.97. The van der Waals surface area contributed by atoms with E-state index in [-0.39, 0.29) is 22.7 Å². The van der Waals surface area contributed by atoms with Gasteiger partial charge in [-0.25, -0.2) is 22.3 Å². The zero-order valence-electron chi connectivity index (χ0n) is 13.4. The largest absolute Gasteiger partial charge is 0.370 e. The molecule has 0 aliphatic carbocycles. The molecule has 0 radical (unpaired) electrons. The quantitative estimate of drug-likeness (QED) is 0.645. The van der Waals surface area contributed by atoms with Gasteiger partial charge in [0.05, 0.1) is 10.6 Å². The van der Waals surface area contributed by atoms with Crippen LogP contribution in [0.5, 0.6) is 0 Å². The number of nitrogens with two attached hydrogens (primary N) is 1. The van der Waals surface area contributed by atoms with Crippen molar-refractivity contribution >= 4 is 21.4 Å². The highest BCUT2D eigenvalue weighted by Gasteiger charge is 2.31. The molecule has 1 aliphatic rings. The van der Waals surface area contributed by atoms with Crippen LogP contribution < -0.4 is 10.0 Å². The van der Waals surface area contributed by atoms with Crippen LogP contribution >= 0.6 is 0 Å². The summed E-state index contributed by atoms with van der Waals surface area (Å²) in [7, 11) is -4.22. The molecule has 3 rings (SSSR count). The maximum atomic E-state index is 14.0. The Morgan fingerprint density at radius 3 is 2.42 bits per heavy atom. The second kappa shape index (κ2) is 6.61. The van der Waals surface area contributed by atoms with E-state index in [1.807, 2.05) is 0 Å². The number of sulfonamides is 1. The Hall–Kier alpha value is -2.59. The molecule has 0 saturated carbocycles. The summed E-state index contributed by atoms with van der Waals surface area (Å²) >= 11 is 0. The molecular weight excluding hydrogens is 368 g/mol. The molecule has 0 spiro atoms. The van der Waals surface area contributed by atoms with Gasteiger partial charge in [0, 0.05) is 36.7 Å². The molecule has 1 atom stereocenters. The van der Waals surface area contributed by atoms with Gasteiger partial charge in [-0.2, -0.15) is 0 Å². The molecule has 1 fully saturated rings. The molecule has 138 valence electrons. The van der Waals surface area contributed by atoms with Gasteiger partial charge in [-0.15, -0.1) is 0 Å². The van der Waals surface area contributed by atoms with Crippen molar-refractivity contribution < 1.29 is 22.1 Å². The van der Waals surface area contributed by atoms with Gasteiger partial charge in [0.15, 0.2) is 0 Å². The lowest BCUT2D eigenvalue weighted by Crippen LogP contribution is -2.24. The summed E-state index contributed by atoms with van der Waals surface area (Å²) in [6, 6.07) is 6.96. The van der Waals surface area contributed by atoms with Crippen LogP contribution in [0.25, 0.3) is 0 Å². The maximum Gasteiger partial charge on any atom is 0.270 e. The van der Waals surface area contributed by atoms with E-state index in [1.165, 1.54) is 30.3 Å². The Bertz CT molecular complexity index is 961. The summed E-state index contributed by atoms with van der Waals surface area (Å²) in [5, 5.41) is 16.1. The number of hydrogen-bond donors (Lipinski definition) is 1. The molecule has 10 heteroatoms. The van der Waals surface area contributed by atoms with Crippen LogP contribution in [0.2, 0.25) is 0 Å². The minimum Gasteiger partial charge on any atom is -0.370 e. The summed E-state index contributed by atoms with van der Waals surface area (Å²) in [6.45, 7) is 0.497. The third kappa shape index (κ3) is 3.37. The molecule has 1 unspecified atom stereocenters. The van der Waals surface area contributed by atoms with E-state index in [1.54, 1.807) is 4.90 Å². The first-order valence-corrected chi connectivity index (χ1v) is 9.23. The summed E-state index contributed by atoms with van der Waals surface area (Å²) < 4.78 is 51.7. The predicted octanol–water partition coefficient (Wildman–Crippen LogP) is 2.51. The van der Waals surface area contributed by atoms with Gasteiger partial charge in [0.25, 0.3) is 5.69 Å². The molecular formula is C16H15F2N3O4S. The van der Waals surface area contributed by atoms with Crippen LogP contribution in [0.15, 0.2) is 41.3 Å². The maximum absolute atomic E-state index is 14.0. The first kappa shape index (κ1) is 18.2. The standard InChI is InChI=1S/C16H15F2N3O4S/c17-12-2-1-3-13(18)16(12)10-6-7-20(9-10)14-5-4-11(21(22)23)8-15(14)26(19,24)25/h1-5,8,10H,6-7,9H2,(H2,19,24,25). The van der Waals surface area contributed by atoms with Gasteiger partial charge in [0.2, 0.25) is 10.0 Å². The Morgan fingerprint density at radius 1 is 1.19 bits per heavy atom. The first-order valence-electron chi connectivity index (χ1n) is 7.68. The third-order valence-electron chi connectivity index (χ3n) is 4.40. The van der Waals surface area contributed by atoms with Gasteiger partial charge in [-0.05, 0) is 24.6 Å². The van der Waals surface area contributed by atoms with E-state index < -0.39 is 38.2 Å². The van der Waals surface area contributed by atoms with Crippen LogP contribution in [-0.4, -0.2) is 26.4 Å². The van der Waals surface area contributed by atoms with Crippen LogP contribution in [0.4, 0.5) is 20.2 Å². The highest BCUT2D eigenvalue weighted by Crippen LogP contribution is 2.36. The Balaban J connectivity index is 1.97. The fourth-order valence-corrected chi connectivity index (χ4v) is 3.99. The molecule has 7 nitrogen and oxygen atoms in total. The zero-order valence-corrected chi connectivity index (χ0v) is 14.2. The summed E-state index contributed by atoms with van der Waals surface area (Å²) in [4.78, 5) is 11.4. The van der Waals surface area contributed by atoms with E-state index in [2.05, 4.69) is 0 Å². The third-order valence-corrected chi connectivity index (χ3v) is 5.34. The van der Waals surface area contributed by atoms with Gasteiger partial charge in [-0.1, -0.05) is 6.07 Å². The Morgan fingerprint density at radius 2 is 1.85 bits per heavy atom. The van der Waals surface area contributed by atoms with Crippen LogP contribution in [0, 0.1) is 21.7 Å².